The Morgan fingerprint density at radius 3 is 2.36 bits per heavy atom. The molecule has 1 aliphatic heterocycles. The van der Waals surface area contributed by atoms with E-state index in [-0.39, 0.29) is 6.10 Å². The van der Waals surface area contributed by atoms with Crippen LogP contribution < -0.4 is 5.32 Å². The Bertz CT molecular complexity index is 156. The van der Waals surface area contributed by atoms with Gasteiger partial charge in [-0.2, -0.15) is 0 Å². The minimum atomic E-state index is -0.0728. The lowest BCUT2D eigenvalue weighted by Gasteiger charge is -2.29. The van der Waals surface area contributed by atoms with Crippen LogP contribution in [0.3, 0.4) is 0 Å². The summed E-state index contributed by atoms with van der Waals surface area (Å²) in [4.78, 5) is 0. The first-order valence-corrected chi connectivity index (χ1v) is 5.88. The largest absolute Gasteiger partial charge is 0.393 e. The molecule has 1 fully saturated rings. The van der Waals surface area contributed by atoms with Gasteiger partial charge in [-0.1, -0.05) is 20.8 Å². The summed E-state index contributed by atoms with van der Waals surface area (Å²) in [5.74, 6) is 0.540. The number of aliphatic hydroxyl groups is 1. The van der Waals surface area contributed by atoms with Gasteiger partial charge < -0.3 is 10.4 Å². The van der Waals surface area contributed by atoms with Crippen LogP contribution in [0.15, 0.2) is 0 Å². The zero-order valence-corrected chi connectivity index (χ0v) is 9.84. The normalized spacial score (nSPS) is 22.3. The number of hydrogen-bond acceptors (Lipinski definition) is 2. The second-order valence-electron chi connectivity index (χ2n) is 5.75. The van der Waals surface area contributed by atoms with Gasteiger partial charge in [-0.25, -0.2) is 0 Å². The van der Waals surface area contributed by atoms with E-state index in [1.807, 2.05) is 0 Å². The fraction of sp³-hybridized carbons (Fsp3) is 1.00. The summed E-state index contributed by atoms with van der Waals surface area (Å²) in [5, 5.41) is 13.3. The standard InChI is InChI=1S/C12H25NO/c1-12(2,3)7-4-11(14)10-5-8-13-9-6-10/h10-11,13-14H,4-9H2,1-3H3. The number of rotatable bonds is 3. The van der Waals surface area contributed by atoms with E-state index >= 15 is 0 Å². The van der Waals surface area contributed by atoms with Crippen LogP contribution in [0.1, 0.15) is 46.5 Å². The van der Waals surface area contributed by atoms with Crippen LogP contribution in [0.5, 0.6) is 0 Å². The highest BCUT2D eigenvalue weighted by Gasteiger charge is 2.22. The van der Waals surface area contributed by atoms with Gasteiger partial charge in [-0.05, 0) is 50.1 Å². The molecule has 2 heteroatoms. The van der Waals surface area contributed by atoms with Crippen LogP contribution in [-0.2, 0) is 0 Å². The van der Waals surface area contributed by atoms with E-state index in [0.717, 1.165) is 38.8 Å². The number of nitrogens with one attached hydrogen (secondary N) is 1. The van der Waals surface area contributed by atoms with E-state index in [9.17, 15) is 5.11 Å². The highest BCUT2D eigenvalue weighted by atomic mass is 16.3. The maximum absolute atomic E-state index is 10.0. The van der Waals surface area contributed by atoms with Gasteiger partial charge >= 0.3 is 0 Å². The lowest BCUT2D eigenvalue weighted by Crippen LogP contribution is -2.34. The summed E-state index contributed by atoms with van der Waals surface area (Å²) in [6.45, 7) is 8.88. The Hall–Kier alpha value is -0.0800. The molecule has 1 unspecified atom stereocenters. The van der Waals surface area contributed by atoms with Crippen molar-refractivity contribution in [2.75, 3.05) is 13.1 Å². The molecule has 0 aromatic rings. The van der Waals surface area contributed by atoms with Gasteiger partial charge in [0.1, 0.15) is 0 Å². The second-order valence-corrected chi connectivity index (χ2v) is 5.75. The average Bonchev–Trinajstić information content (AvgIpc) is 2.14. The van der Waals surface area contributed by atoms with Crippen molar-refractivity contribution in [2.45, 2.75) is 52.6 Å². The summed E-state index contributed by atoms with van der Waals surface area (Å²) in [6.07, 6.45) is 4.31. The lowest BCUT2D eigenvalue weighted by atomic mass is 9.84. The molecule has 1 saturated heterocycles. The fourth-order valence-electron chi connectivity index (χ4n) is 2.05. The number of aliphatic hydroxyl groups excluding tert-OH is 1. The van der Waals surface area contributed by atoms with Gasteiger partial charge in [0.25, 0.3) is 0 Å². The van der Waals surface area contributed by atoms with Crippen LogP contribution in [-0.4, -0.2) is 24.3 Å². The van der Waals surface area contributed by atoms with Crippen molar-refractivity contribution >= 4 is 0 Å². The summed E-state index contributed by atoms with van der Waals surface area (Å²) >= 11 is 0. The average molecular weight is 199 g/mol. The van der Waals surface area contributed by atoms with E-state index < -0.39 is 0 Å². The van der Waals surface area contributed by atoms with Gasteiger partial charge in [-0.3, -0.25) is 0 Å². The smallest absolute Gasteiger partial charge is 0.0569 e. The van der Waals surface area contributed by atoms with Gasteiger partial charge in [0, 0.05) is 0 Å². The summed E-state index contributed by atoms with van der Waals surface area (Å²) < 4.78 is 0. The van der Waals surface area contributed by atoms with Crippen molar-refractivity contribution in [3.05, 3.63) is 0 Å². The molecule has 1 heterocycles. The second kappa shape index (κ2) is 5.13. The molecule has 1 aliphatic rings. The molecule has 1 atom stereocenters. The van der Waals surface area contributed by atoms with Crippen molar-refractivity contribution < 1.29 is 5.11 Å². The van der Waals surface area contributed by atoms with Gasteiger partial charge in [-0.15, -0.1) is 0 Å². The van der Waals surface area contributed by atoms with Crippen LogP contribution in [0, 0.1) is 11.3 Å². The van der Waals surface area contributed by atoms with Crippen LogP contribution in [0.25, 0.3) is 0 Å². The number of piperidine rings is 1. The highest BCUT2D eigenvalue weighted by molar-refractivity contribution is 4.76. The fourth-order valence-corrected chi connectivity index (χ4v) is 2.05. The molecular formula is C12H25NO. The summed E-state index contributed by atoms with van der Waals surface area (Å²) in [6, 6.07) is 0. The molecule has 0 saturated carbocycles. The van der Waals surface area contributed by atoms with Crippen molar-refractivity contribution in [3.63, 3.8) is 0 Å². The lowest BCUT2D eigenvalue weighted by molar-refractivity contribution is 0.0702. The third-order valence-corrected chi connectivity index (χ3v) is 3.12. The van der Waals surface area contributed by atoms with Crippen molar-refractivity contribution in [1.29, 1.82) is 0 Å². The number of hydrogen-bond donors (Lipinski definition) is 2. The Balaban J connectivity index is 2.23. The molecule has 2 N–H and O–H groups in total. The first-order valence-electron chi connectivity index (χ1n) is 5.88. The van der Waals surface area contributed by atoms with Crippen molar-refractivity contribution in [2.24, 2.45) is 11.3 Å². The van der Waals surface area contributed by atoms with Crippen molar-refractivity contribution in [3.8, 4) is 0 Å². The molecule has 84 valence electrons. The van der Waals surface area contributed by atoms with Gasteiger partial charge in [0.05, 0.1) is 6.10 Å². The van der Waals surface area contributed by atoms with E-state index in [2.05, 4.69) is 26.1 Å². The molecule has 0 aromatic heterocycles. The summed E-state index contributed by atoms with van der Waals surface area (Å²) in [7, 11) is 0. The molecule has 0 amide bonds. The Kier molecular flexibility index (Phi) is 4.39. The quantitative estimate of drug-likeness (QED) is 0.730. The summed E-state index contributed by atoms with van der Waals surface area (Å²) in [5.41, 5.74) is 0.355. The SMILES string of the molecule is CC(C)(C)CCC(O)C1CCNCC1. The van der Waals surface area contributed by atoms with E-state index in [0.29, 0.717) is 11.3 Å². The Morgan fingerprint density at radius 2 is 1.86 bits per heavy atom. The predicted octanol–water partition coefficient (Wildman–Crippen LogP) is 2.17. The molecule has 0 aromatic carbocycles. The molecule has 14 heavy (non-hydrogen) atoms. The Labute approximate surface area is 88.1 Å². The first-order chi connectivity index (χ1) is 6.49. The first kappa shape index (κ1) is 12.0. The molecule has 0 spiro atoms. The molecule has 1 rings (SSSR count). The highest BCUT2D eigenvalue weighted by Crippen LogP contribution is 2.26. The predicted molar refractivity (Wildman–Crippen MR) is 60.3 cm³/mol. The topological polar surface area (TPSA) is 32.3 Å². The zero-order chi connectivity index (χ0) is 10.6. The molecule has 0 radical (unpaired) electrons. The van der Waals surface area contributed by atoms with E-state index in [4.69, 9.17) is 0 Å². The van der Waals surface area contributed by atoms with Crippen molar-refractivity contribution in [1.82, 2.24) is 5.32 Å². The zero-order valence-electron chi connectivity index (χ0n) is 9.84. The third kappa shape index (κ3) is 4.43. The monoisotopic (exact) mass is 199 g/mol. The molecule has 0 aliphatic carbocycles. The van der Waals surface area contributed by atoms with Crippen LogP contribution in [0.2, 0.25) is 0 Å². The van der Waals surface area contributed by atoms with Crippen LogP contribution >= 0.6 is 0 Å². The molecule has 0 bridgehead atoms. The maximum Gasteiger partial charge on any atom is 0.0569 e. The van der Waals surface area contributed by atoms with Crippen LogP contribution in [0.4, 0.5) is 0 Å². The van der Waals surface area contributed by atoms with E-state index in [1.165, 1.54) is 0 Å². The maximum atomic E-state index is 10.0. The minimum absolute atomic E-state index is 0.0728. The molecular weight excluding hydrogens is 174 g/mol. The molecule has 2 nitrogen and oxygen atoms in total. The third-order valence-electron chi connectivity index (χ3n) is 3.12. The van der Waals surface area contributed by atoms with Gasteiger partial charge in [0.2, 0.25) is 0 Å². The Morgan fingerprint density at radius 1 is 1.29 bits per heavy atom. The minimum Gasteiger partial charge on any atom is -0.393 e. The van der Waals surface area contributed by atoms with E-state index in [1.54, 1.807) is 0 Å². The van der Waals surface area contributed by atoms with Gasteiger partial charge in [0.15, 0.2) is 0 Å².